The number of halogens is 1. The van der Waals surface area contributed by atoms with Crippen LogP contribution in [-0.2, 0) is 9.53 Å². The topological polar surface area (TPSA) is 75.6 Å². The van der Waals surface area contributed by atoms with Crippen molar-refractivity contribution in [2.75, 3.05) is 13.2 Å². The van der Waals surface area contributed by atoms with Crippen LogP contribution in [-0.4, -0.2) is 35.7 Å². The highest BCUT2D eigenvalue weighted by molar-refractivity contribution is 5.96. The number of aliphatic carboxylic acids is 1. The van der Waals surface area contributed by atoms with Gasteiger partial charge in [0.1, 0.15) is 5.82 Å². The van der Waals surface area contributed by atoms with Crippen LogP contribution in [0.3, 0.4) is 0 Å². The number of ether oxygens (including phenoxy) is 1. The maximum absolute atomic E-state index is 13.8. The fourth-order valence-electron chi connectivity index (χ4n) is 2.10. The molecule has 1 unspecified atom stereocenters. The first-order valence-corrected chi connectivity index (χ1v) is 6.50. The average molecular weight is 293 g/mol. The maximum atomic E-state index is 13.8. The van der Waals surface area contributed by atoms with Gasteiger partial charge in [-0.2, -0.15) is 0 Å². The van der Waals surface area contributed by atoms with Gasteiger partial charge in [0.15, 0.2) is 0 Å². The van der Waals surface area contributed by atoms with E-state index >= 15 is 0 Å². The van der Waals surface area contributed by atoms with Crippen molar-refractivity contribution < 1.29 is 23.8 Å². The molecule has 0 saturated carbocycles. The number of benzene rings is 1. The number of hydrogen-bond acceptors (Lipinski definition) is 3. The molecule has 1 saturated heterocycles. The second-order valence-corrected chi connectivity index (χ2v) is 5.23. The van der Waals surface area contributed by atoms with E-state index in [9.17, 15) is 14.0 Å². The van der Waals surface area contributed by atoms with Gasteiger partial charge >= 0.3 is 5.97 Å². The van der Waals surface area contributed by atoms with Crippen LogP contribution in [0.2, 0.25) is 0 Å². The van der Waals surface area contributed by atoms with E-state index in [2.05, 4.69) is 5.32 Å². The van der Waals surface area contributed by atoms with Crippen molar-refractivity contribution in [2.45, 2.75) is 18.9 Å². The van der Waals surface area contributed by atoms with Crippen molar-refractivity contribution in [1.82, 2.24) is 5.32 Å². The van der Waals surface area contributed by atoms with Crippen molar-refractivity contribution in [1.29, 1.82) is 0 Å². The van der Waals surface area contributed by atoms with Gasteiger partial charge in [-0.05, 0) is 37.1 Å². The Morgan fingerprint density at radius 2 is 2.24 bits per heavy atom. The van der Waals surface area contributed by atoms with E-state index in [1.165, 1.54) is 18.2 Å². The van der Waals surface area contributed by atoms with Crippen LogP contribution in [0.15, 0.2) is 24.3 Å². The number of carboxylic acid groups (broad SMARTS) is 1. The molecule has 2 rings (SSSR count). The molecule has 1 amide bonds. The van der Waals surface area contributed by atoms with Crippen LogP contribution in [0.25, 0.3) is 6.08 Å². The zero-order chi connectivity index (χ0) is 15.5. The highest BCUT2D eigenvalue weighted by atomic mass is 19.1. The summed E-state index contributed by atoms with van der Waals surface area (Å²) in [7, 11) is 0. The predicted octanol–water partition coefficient (Wildman–Crippen LogP) is 1.83. The third-order valence-corrected chi connectivity index (χ3v) is 3.29. The van der Waals surface area contributed by atoms with Gasteiger partial charge in [0, 0.05) is 12.7 Å². The van der Waals surface area contributed by atoms with Gasteiger partial charge in [0.25, 0.3) is 5.91 Å². The summed E-state index contributed by atoms with van der Waals surface area (Å²) in [6.45, 7) is 2.78. The third-order valence-electron chi connectivity index (χ3n) is 3.29. The molecule has 1 aromatic carbocycles. The molecule has 0 aliphatic carbocycles. The van der Waals surface area contributed by atoms with Crippen molar-refractivity contribution >= 4 is 18.0 Å². The lowest BCUT2D eigenvalue weighted by atomic mass is 10.0. The summed E-state index contributed by atoms with van der Waals surface area (Å²) < 4.78 is 19.0. The number of rotatable bonds is 4. The number of carbonyl (C=O) groups excluding carboxylic acids is 1. The molecule has 0 spiro atoms. The Morgan fingerprint density at radius 3 is 2.86 bits per heavy atom. The van der Waals surface area contributed by atoms with Gasteiger partial charge in [0.2, 0.25) is 0 Å². The predicted molar refractivity (Wildman–Crippen MR) is 74.4 cm³/mol. The molecule has 1 fully saturated rings. The summed E-state index contributed by atoms with van der Waals surface area (Å²) in [5.74, 6) is -2.30. The van der Waals surface area contributed by atoms with Crippen LogP contribution in [0.4, 0.5) is 4.39 Å². The van der Waals surface area contributed by atoms with Crippen LogP contribution in [0.1, 0.15) is 29.3 Å². The van der Waals surface area contributed by atoms with E-state index in [1.807, 2.05) is 6.92 Å². The van der Waals surface area contributed by atoms with E-state index < -0.39 is 23.2 Å². The Bertz CT molecular complexity index is 591. The first-order valence-electron chi connectivity index (χ1n) is 6.50. The Hall–Kier alpha value is -2.21. The first kappa shape index (κ1) is 15.2. The van der Waals surface area contributed by atoms with E-state index in [1.54, 1.807) is 0 Å². The summed E-state index contributed by atoms with van der Waals surface area (Å²) in [6.07, 6.45) is 2.90. The second kappa shape index (κ2) is 6.05. The van der Waals surface area contributed by atoms with Crippen LogP contribution in [0.5, 0.6) is 0 Å². The van der Waals surface area contributed by atoms with Gasteiger partial charge < -0.3 is 15.2 Å². The molecule has 1 heterocycles. The number of amides is 1. The summed E-state index contributed by atoms with van der Waals surface area (Å²) >= 11 is 0. The van der Waals surface area contributed by atoms with Crippen molar-refractivity contribution in [3.05, 3.63) is 41.2 Å². The summed E-state index contributed by atoms with van der Waals surface area (Å²) in [5.41, 5.74) is -0.177. The molecule has 1 aliphatic rings. The fraction of sp³-hybridized carbons (Fsp3) is 0.333. The van der Waals surface area contributed by atoms with E-state index in [0.717, 1.165) is 12.1 Å². The smallest absolute Gasteiger partial charge is 0.328 e. The Morgan fingerprint density at radius 1 is 1.48 bits per heavy atom. The Balaban J connectivity index is 2.19. The van der Waals surface area contributed by atoms with Gasteiger partial charge in [-0.25, -0.2) is 9.18 Å². The molecule has 0 aromatic heterocycles. The number of nitrogens with one attached hydrogen (secondary N) is 1. The normalized spacial score (nSPS) is 21.6. The molecular weight excluding hydrogens is 277 g/mol. The van der Waals surface area contributed by atoms with Crippen LogP contribution >= 0.6 is 0 Å². The first-order chi connectivity index (χ1) is 9.89. The molecule has 112 valence electrons. The minimum absolute atomic E-state index is 0.115. The highest BCUT2D eigenvalue weighted by Gasteiger charge is 2.32. The van der Waals surface area contributed by atoms with Gasteiger partial charge in [-0.3, -0.25) is 4.79 Å². The summed E-state index contributed by atoms with van der Waals surface area (Å²) in [6, 6.07) is 3.87. The van der Waals surface area contributed by atoms with Crippen molar-refractivity contribution in [2.24, 2.45) is 0 Å². The maximum Gasteiger partial charge on any atom is 0.328 e. The molecule has 0 radical (unpaired) electrons. The average Bonchev–Trinajstić information content (AvgIpc) is 2.84. The number of hydrogen-bond donors (Lipinski definition) is 2. The largest absolute Gasteiger partial charge is 0.478 e. The molecule has 2 N–H and O–H groups in total. The standard InChI is InChI=1S/C15H16FNO4/c1-15(6-7-21-9-15)17-14(20)11-8-10(2-4-12(11)16)3-5-13(18)19/h2-5,8H,6-7,9H2,1H3,(H,17,20)(H,18,19)/b5-3+. The molecular formula is C15H16FNO4. The summed E-state index contributed by atoms with van der Waals surface area (Å²) in [5, 5.41) is 11.3. The Labute approximate surface area is 121 Å². The Kier molecular flexibility index (Phi) is 4.37. The molecule has 1 aliphatic heterocycles. The molecule has 1 atom stereocenters. The highest BCUT2D eigenvalue weighted by Crippen LogP contribution is 2.19. The number of carboxylic acids is 1. The van der Waals surface area contributed by atoms with Crippen molar-refractivity contribution in [3.8, 4) is 0 Å². The SMILES string of the molecule is CC1(NC(=O)c2cc(/C=C/C(=O)O)ccc2F)CCOC1. The monoisotopic (exact) mass is 293 g/mol. The van der Waals surface area contributed by atoms with E-state index in [4.69, 9.17) is 9.84 Å². The fourth-order valence-corrected chi connectivity index (χ4v) is 2.10. The quantitative estimate of drug-likeness (QED) is 0.830. The van der Waals surface area contributed by atoms with Gasteiger partial charge in [-0.15, -0.1) is 0 Å². The second-order valence-electron chi connectivity index (χ2n) is 5.23. The van der Waals surface area contributed by atoms with E-state index in [-0.39, 0.29) is 5.56 Å². The lowest BCUT2D eigenvalue weighted by molar-refractivity contribution is -0.131. The van der Waals surface area contributed by atoms with Crippen molar-refractivity contribution in [3.63, 3.8) is 0 Å². The summed E-state index contributed by atoms with van der Waals surface area (Å²) in [4.78, 5) is 22.6. The lowest BCUT2D eigenvalue weighted by Crippen LogP contribution is -2.46. The lowest BCUT2D eigenvalue weighted by Gasteiger charge is -2.23. The van der Waals surface area contributed by atoms with Crippen LogP contribution in [0, 0.1) is 5.82 Å². The molecule has 5 nitrogen and oxygen atoms in total. The molecule has 0 bridgehead atoms. The van der Waals surface area contributed by atoms with Gasteiger partial charge in [0.05, 0.1) is 17.7 Å². The van der Waals surface area contributed by atoms with Crippen LogP contribution < -0.4 is 5.32 Å². The number of carbonyl (C=O) groups is 2. The minimum atomic E-state index is -1.11. The minimum Gasteiger partial charge on any atom is -0.478 e. The molecule has 21 heavy (non-hydrogen) atoms. The van der Waals surface area contributed by atoms with E-state index in [0.29, 0.717) is 25.2 Å². The zero-order valence-electron chi connectivity index (χ0n) is 11.6. The molecule has 1 aromatic rings. The third kappa shape index (κ3) is 3.88. The van der Waals surface area contributed by atoms with Gasteiger partial charge in [-0.1, -0.05) is 6.07 Å². The zero-order valence-corrected chi connectivity index (χ0v) is 11.6. The molecule has 6 heteroatoms.